The summed E-state index contributed by atoms with van der Waals surface area (Å²) in [7, 11) is 1.64. The molecule has 1 aromatic carbocycles. The molecule has 0 aromatic heterocycles. The average molecular weight is 527 g/mol. The van der Waals surface area contributed by atoms with Crippen molar-refractivity contribution in [3.63, 3.8) is 0 Å². The summed E-state index contributed by atoms with van der Waals surface area (Å²) in [4.78, 5) is 13.8. The number of aromatic hydroxyl groups is 1. The van der Waals surface area contributed by atoms with Gasteiger partial charge in [-0.3, -0.25) is 4.79 Å². The maximum atomic E-state index is 13.8. The number of phenols is 1. The molecule has 0 saturated heterocycles. The van der Waals surface area contributed by atoms with E-state index in [1.807, 2.05) is 46.8 Å². The topological polar surface area (TPSA) is 105 Å². The Hall–Kier alpha value is -2.61. The molecule has 2 aliphatic heterocycles. The fraction of sp³-hybridized carbons (Fsp3) is 0.581. The third-order valence-corrected chi connectivity index (χ3v) is 8.27. The van der Waals surface area contributed by atoms with Gasteiger partial charge in [-0.1, -0.05) is 17.7 Å². The van der Waals surface area contributed by atoms with Crippen LogP contribution in [0.1, 0.15) is 89.2 Å². The maximum absolute atomic E-state index is 13.8. The lowest BCUT2D eigenvalue weighted by Gasteiger charge is -2.40. The van der Waals surface area contributed by atoms with Gasteiger partial charge in [0.15, 0.2) is 5.78 Å². The molecule has 4 rings (SSSR count). The molecule has 7 nitrogen and oxygen atoms in total. The molecule has 0 fully saturated rings. The standard InChI is InChI=1S/C31H42O7/c1-17(2)10-9-14-31(7)15-13-19-25(34)23-24(33)18-11-12-21(30(5,6)36-8)27(18)37-28(23)20(26(19)38-31)16-22(32)29(3,4)35/h10-11,13,15,21-22,27,32,34-35H,9,12,14,16H2,1-8H3/t21-,22?,27?,31+/m0/s1. The first-order valence-corrected chi connectivity index (χ1v) is 13.4. The van der Waals surface area contributed by atoms with Gasteiger partial charge >= 0.3 is 0 Å². The van der Waals surface area contributed by atoms with Crippen LogP contribution in [0.3, 0.4) is 0 Å². The van der Waals surface area contributed by atoms with E-state index in [0.29, 0.717) is 35.3 Å². The van der Waals surface area contributed by atoms with Crippen LogP contribution in [0.5, 0.6) is 17.2 Å². The number of hydrogen-bond acceptors (Lipinski definition) is 7. The number of aliphatic hydroxyl groups is 2. The maximum Gasteiger partial charge on any atom is 0.199 e. The molecule has 0 radical (unpaired) electrons. The van der Waals surface area contributed by atoms with Gasteiger partial charge in [-0.2, -0.15) is 0 Å². The van der Waals surface area contributed by atoms with Crippen LogP contribution in [0, 0.1) is 5.92 Å². The van der Waals surface area contributed by atoms with Crippen LogP contribution in [-0.2, 0) is 11.2 Å². The number of aliphatic hydroxyl groups excluding tert-OH is 1. The molecule has 1 aromatic rings. The number of fused-ring (bicyclic) bond motifs is 3. The Morgan fingerprint density at radius 3 is 2.55 bits per heavy atom. The first-order valence-electron chi connectivity index (χ1n) is 13.4. The molecular formula is C31H42O7. The third kappa shape index (κ3) is 5.04. The SMILES string of the molecule is COC(C)(C)[C@H]1CC=C2C(=O)c3c(O)c4c(c(CC(O)C(C)(C)O)c3OC21)O[C@](C)(CCC=C(C)C)C=C4. The van der Waals surface area contributed by atoms with E-state index in [1.165, 1.54) is 19.4 Å². The number of phenolic OH excluding ortho intramolecular Hbond substituents is 1. The normalized spacial score (nSPS) is 25.0. The molecule has 2 heterocycles. The highest BCUT2D eigenvalue weighted by Crippen LogP contribution is 2.53. The molecule has 1 aliphatic carbocycles. The highest BCUT2D eigenvalue weighted by Gasteiger charge is 2.49. The van der Waals surface area contributed by atoms with Crippen molar-refractivity contribution < 1.29 is 34.3 Å². The van der Waals surface area contributed by atoms with E-state index in [-0.39, 0.29) is 35.2 Å². The molecule has 0 bridgehead atoms. The number of benzene rings is 1. The average Bonchev–Trinajstić information content (AvgIpc) is 3.25. The second kappa shape index (κ2) is 9.85. The minimum Gasteiger partial charge on any atom is -0.506 e. The summed E-state index contributed by atoms with van der Waals surface area (Å²) < 4.78 is 18.9. The summed E-state index contributed by atoms with van der Waals surface area (Å²) in [5.41, 5.74) is -0.0104. The molecule has 0 saturated carbocycles. The summed E-state index contributed by atoms with van der Waals surface area (Å²) in [5, 5.41) is 32.9. The fourth-order valence-electron chi connectivity index (χ4n) is 5.46. The largest absolute Gasteiger partial charge is 0.506 e. The molecule has 2 unspecified atom stereocenters. The third-order valence-electron chi connectivity index (χ3n) is 8.27. The van der Waals surface area contributed by atoms with Gasteiger partial charge in [-0.15, -0.1) is 0 Å². The minimum absolute atomic E-state index is 0.0241. The van der Waals surface area contributed by atoms with E-state index >= 15 is 0 Å². The fourth-order valence-corrected chi connectivity index (χ4v) is 5.46. The van der Waals surface area contributed by atoms with Crippen LogP contribution in [0.15, 0.2) is 29.4 Å². The number of hydrogen-bond donors (Lipinski definition) is 3. The van der Waals surface area contributed by atoms with Gasteiger partial charge in [-0.25, -0.2) is 0 Å². The van der Waals surface area contributed by atoms with Crippen molar-refractivity contribution in [2.75, 3.05) is 7.11 Å². The zero-order valence-corrected chi connectivity index (χ0v) is 23.8. The van der Waals surface area contributed by atoms with Crippen LogP contribution in [0.25, 0.3) is 6.08 Å². The molecule has 4 atom stereocenters. The molecule has 38 heavy (non-hydrogen) atoms. The monoisotopic (exact) mass is 526 g/mol. The van der Waals surface area contributed by atoms with E-state index < -0.39 is 29.0 Å². The zero-order chi connectivity index (χ0) is 28.2. The second-order valence-corrected chi connectivity index (χ2v) is 12.4. The van der Waals surface area contributed by atoms with Crippen molar-refractivity contribution in [1.82, 2.24) is 0 Å². The summed E-state index contributed by atoms with van der Waals surface area (Å²) >= 11 is 0. The lowest BCUT2D eigenvalue weighted by atomic mass is 9.81. The second-order valence-electron chi connectivity index (χ2n) is 12.4. The molecule has 0 spiro atoms. The Morgan fingerprint density at radius 1 is 1.26 bits per heavy atom. The van der Waals surface area contributed by atoms with E-state index in [2.05, 4.69) is 6.08 Å². The van der Waals surface area contributed by atoms with Crippen molar-refractivity contribution in [3.8, 4) is 17.2 Å². The lowest BCUT2D eigenvalue weighted by molar-refractivity contribution is -0.0557. The Kier molecular flexibility index (Phi) is 7.36. The van der Waals surface area contributed by atoms with Crippen LogP contribution in [0.2, 0.25) is 0 Å². The van der Waals surface area contributed by atoms with Gasteiger partial charge in [-0.05, 0) is 79.9 Å². The molecule has 3 N–H and O–H groups in total. The molecule has 208 valence electrons. The Bertz CT molecular complexity index is 1210. The van der Waals surface area contributed by atoms with Gasteiger partial charge < -0.3 is 29.5 Å². The van der Waals surface area contributed by atoms with Crippen molar-refractivity contribution in [2.45, 2.75) is 103 Å². The minimum atomic E-state index is -1.41. The van der Waals surface area contributed by atoms with Gasteiger partial charge in [0, 0.05) is 30.6 Å². The first kappa shape index (κ1) is 28.4. The smallest absolute Gasteiger partial charge is 0.199 e. The van der Waals surface area contributed by atoms with Crippen LogP contribution >= 0.6 is 0 Å². The van der Waals surface area contributed by atoms with E-state index in [0.717, 1.165) is 6.42 Å². The number of ether oxygens (including phenoxy) is 3. The highest BCUT2D eigenvalue weighted by atomic mass is 16.5. The summed E-state index contributed by atoms with van der Waals surface area (Å²) in [5.74, 6) is -0.0434. The summed E-state index contributed by atoms with van der Waals surface area (Å²) in [6.45, 7) is 13.1. The summed E-state index contributed by atoms with van der Waals surface area (Å²) in [6, 6.07) is 0. The number of methoxy groups -OCH3 is 1. The predicted octanol–water partition coefficient (Wildman–Crippen LogP) is 5.29. The number of rotatable bonds is 8. The van der Waals surface area contributed by atoms with E-state index in [1.54, 1.807) is 13.2 Å². The first-order chi connectivity index (χ1) is 17.6. The van der Waals surface area contributed by atoms with E-state index in [4.69, 9.17) is 14.2 Å². The van der Waals surface area contributed by atoms with Crippen LogP contribution in [-0.4, -0.2) is 57.2 Å². The number of ketones is 1. The Morgan fingerprint density at radius 2 is 1.95 bits per heavy atom. The quantitative estimate of drug-likeness (QED) is 0.395. The van der Waals surface area contributed by atoms with Gasteiger partial charge in [0.25, 0.3) is 0 Å². The van der Waals surface area contributed by atoms with Crippen LogP contribution in [0.4, 0.5) is 0 Å². The number of allylic oxidation sites excluding steroid dienone is 3. The predicted molar refractivity (Wildman–Crippen MR) is 147 cm³/mol. The number of carbonyl (C=O) groups is 1. The van der Waals surface area contributed by atoms with Gasteiger partial charge in [0.05, 0.1) is 22.9 Å². The van der Waals surface area contributed by atoms with Crippen molar-refractivity contribution >= 4 is 11.9 Å². The molecule has 3 aliphatic rings. The van der Waals surface area contributed by atoms with Gasteiger partial charge in [0.2, 0.25) is 0 Å². The highest BCUT2D eigenvalue weighted by molar-refractivity contribution is 6.15. The Labute approximate surface area is 225 Å². The molecule has 0 amide bonds. The lowest BCUT2D eigenvalue weighted by Crippen LogP contribution is -2.45. The van der Waals surface area contributed by atoms with Crippen molar-refractivity contribution in [3.05, 3.63) is 46.1 Å². The Balaban J connectivity index is 1.86. The van der Waals surface area contributed by atoms with Crippen LogP contribution < -0.4 is 9.47 Å². The zero-order valence-electron chi connectivity index (χ0n) is 23.8. The number of Topliss-reactive ketones (excluding diaryl/α,β-unsaturated/α-hetero) is 1. The van der Waals surface area contributed by atoms with E-state index in [9.17, 15) is 20.1 Å². The number of carbonyl (C=O) groups excluding carboxylic acids is 1. The van der Waals surface area contributed by atoms with Gasteiger partial charge in [0.1, 0.15) is 34.5 Å². The van der Waals surface area contributed by atoms with Crippen molar-refractivity contribution in [2.24, 2.45) is 5.92 Å². The summed E-state index contributed by atoms with van der Waals surface area (Å²) in [6.07, 6.45) is 8.04. The molecule has 7 heteroatoms. The molecular weight excluding hydrogens is 484 g/mol. The van der Waals surface area contributed by atoms with Crippen molar-refractivity contribution in [1.29, 1.82) is 0 Å².